The Labute approximate surface area is 98.1 Å². The molecule has 0 aromatic carbocycles. The molecular weight excluding hydrogens is 202 g/mol. The van der Waals surface area contributed by atoms with Crippen molar-refractivity contribution >= 4 is 5.78 Å². The summed E-state index contributed by atoms with van der Waals surface area (Å²) < 4.78 is 0. The molecule has 0 amide bonds. The molecule has 0 saturated carbocycles. The molecule has 0 aromatic heterocycles. The molecular formula is C13H23NO2. The summed E-state index contributed by atoms with van der Waals surface area (Å²) in [6.45, 7) is 11.6. The number of carbonyl (C=O) groups is 1. The molecule has 0 spiro atoms. The minimum atomic E-state index is -0.270. The van der Waals surface area contributed by atoms with E-state index < -0.39 is 0 Å². The summed E-state index contributed by atoms with van der Waals surface area (Å²) in [6.07, 6.45) is 3.62. The van der Waals surface area contributed by atoms with Crippen LogP contribution in [0.4, 0.5) is 0 Å². The maximum atomic E-state index is 11.4. The summed E-state index contributed by atoms with van der Waals surface area (Å²) in [5.41, 5.74) is -0.540. The molecule has 1 heterocycles. The minimum Gasteiger partial charge on any atom is -0.313 e. The minimum absolute atomic E-state index is 0.1000. The Balaban J connectivity index is 2.78. The van der Waals surface area contributed by atoms with Crippen molar-refractivity contribution in [3.63, 3.8) is 0 Å². The number of piperidine rings is 1. The Morgan fingerprint density at radius 1 is 1.38 bits per heavy atom. The topological polar surface area (TPSA) is 40.5 Å². The van der Waals surface area contributed by atoms with Crippen LogP contribution in [0.25, 0.3) is 0 Å². The summed E-state index contributed by atoms with van der Waals surface area (Å²) in [5, 5.41) is 11.5. The van der Waals surface area contributed by atoms with Crippen LogP contribution in [0, 0.1) is 5.92 Å². The van der Waals surface area contributed by atoms with Crippen molar-refractivity contribution in [1.29, 1.82) is 0 Å². The molecule has 3 nitrogen and oxygen atoms in total. The van der Waals surface area contributed by atoms with E-state index >= 15 is 0 Å². The first-order valence-corrected chi connectivity index (χ1v) is 5.83. The van der Waals surface area contributed by atoms with E-state index in [2.05, 4.69) is 6.58 Å². The SMILES string of the molecule is C=CC(=O)CC1CC(C)(C)N(O)C(C)(C)C1. The van der Waals surface area contributed by atoms with Gasteiger partial charge in [-0.3, -0.25) is 4.79 Å². The highest BCUT2D eigenvalue weighted by molar-refractivity contribution is 5.89. The van der Waals surface area contributed by atoms with Crippen LogP contribution in [0.5, 0.6) is 0 Å². The molecule has 1 N–H and O–H groups in total. The van der Waals surface area contributed by atoms with Crippen LogP contribution in [0.1, 0.15) is 47.0 Å². The third-order valence-electron chi connectivity index (χ3n) is 3.44. The Morgan fingerprint density at radius 2 is 1.81 bits per heavy atom. The Bertz CT molecular complexity index is 276. The van der Waals surface area contributed by atoms with Crippen molar-refractivity contribution in [1.82, 2.24) is 5.06 Å². The van der Waals surface area contributed by atoms with Crippen LogP contribution in [0.2, 0.25) is 0 Å². The number of rotatable bonds is 3. The monoisotopic (exact) mass is 225 g/mol. The molecule has 16 heavy (non-hydrogen) atoms. The van der Waals surface area contributed by atoms with Gasteiger partial charge in [0.05, 0.1) is 0 Å². The first-order valence-electron chi connectivity index (χ1n) is 5.83. The molecule has 1 aliphatic rings. The lowest BCUT2D eigenvalue weighted by Gasteiger charge is -2.51. The lowest BCUT2D eigenvalue weighted by molar-refractivity contribution is -0.251. The van der Waals surface area contributed by atoms with Gasteiger partial charge in [0.2, 0.25) is 0 Å². The van der Waals surface area contributed by atoms with E-state index in [0.717, 1.165) is 12.8 Å². The highest BCUT2D eigenvalue weighted by atomic mass is 16.5. The highest BCUT2D eigenvalue weighted by Gasteiger charge is 2.44. The van der Waals surface area contributed by atoms with Crippen LogP contribution < -0.4 is 0 Å². The fourth-order valence-corrected chi connectivity index (χ4v) is 2.99. The molecule has 0 unspecified atom stereocenters. The van der Waals surface area contributed by atoms with Gasteiger partial charge in [0.15, 0.2) is 5.78 Å². The zero-order chi connectivity index (χ0) is 12.6. The van der Waals surface area contributed by atoms with Crippen molar-refractivity contribution < 1.29 is 10.0 Å². The summed E-state index contributed by atoms with van der Waals surface area (Å²) in [6, 6.07) is 0. The van der Waals surface area contributed by atoms with Crippen molar-refractivity contribution in [3.05, 3.63) is 12.7 Å². The van der Waals surface area contributed by atoms with Gasteiger partial charge < -0.3 is 5.21 Å². The van der Waals surface area contributed by atoms with Crippen LogP contribution in [0.15, 0.2) is 12.7 Å². The van der Waals surface area contributed by atoms with Gasteiger partial charge in [0.25, 0.3) is 0 Å². The van der Waals surface area contributed by atoms with Crippen LogP contribution in [0.3, 0.4) is 0 Å². The maximum absolute atomic E-state index is 11.4. The van der Waals surface area contributed by atoms with E-state index in [4.69, 9.17) is 0 Å². The second-order valence-electron chi connectivity index (χ2n) is 6.09. The summed E-state index contributed by atoms with van der Waals surface area (Å²) in [7, 11) is 0. The highest BCUT2D eigenvalue weighted by Crippen LogP contribution is 2.41. The van der Waals surface area contributed by atoms with Crippen molar-refractivity contribution in [2.24, 2.45) is 5.92 Å². The van der Waals surface area contributed by atoms with E-state index in [0.29, 0.717) is 12.3 Å². The van der Waals surface area contributed by atoms with Crippen LogP contribution >= 0.6 is 0 Å². The third kappa shape index (κ3) is 2.71. The predicted octanol–water partition coefficient (Wildman–Crippen LogP) is 2.79. The molecule has 92 valence electrons. The Kier molecular flexibility index (Phi) is 3.60. The van der Waals surface area contributed by atoms with E-state index in [1.165, 1.54) is 11.1 Å². The van der Waals surface area contributed by atoms with Gasteiger partial charge in [-0.1, -0.05) is 6.58 Å². The van der Waals surface area contributed by atoms with E-state index in [-0.39, 0.29) is 16.9 Å². The predicted molar refractivity (Wildman–Crippen MR) is 64.3 cm³/mol. The number of carbonyl (C=O) groups excluding carboxylic acids is 1. The van der Waals surface area contributed by atoms with Gasteiger partial charge in [-0.05, 0) is 52.5 Å². The molecule has 1 saturated heterocycles. The quantitative estimate of drug-likeness (QED) is 0.751. The van der Waals surface area contributed by atoms with Gasteiger partial charge in [-0.2, -0.15) is 5.06 Å². The molecule has 0 bridgehead atoms. The average molecular weight is 225 g/mol. The van der Waals surface area contributed by atoms with E-state index in [1.807, 2.05) is 27.7 Å². The Hall–Kier alpha value is -0.670. The number of allylic oxidation sites excluding steroid dienone is 1. The lowest BCUT2D eigenvalue weighted by Crippen LogP contribution is -2.59. The Morgan fingerprint density at radius 3 is 2.19 bits per heavy atom. The number of hydrogen-bond donors (Lipinski definition) is 1. The molecule has 0 radical (unpaired) electrons. The number of ketones is 1. The summed E-state index contributed by atoms with van der Waals surface area (Å²) in [4.78, 5) is 11.4. The largest absolute Gasteiger partial charge is 0.313 e. The van der Waals surface area contributed by atoms with E-state index in [9.17, 15) is 10.0 Å². The molecule has 3 heteroatoms. The molecule has 0 aromatic rings. The van der Waals surface area contributed by atoms with Gasteiger partial charge in [0, 0.05) is 17.5 Å². The van der Waals surface area contributed by atoms with Crippen molar-refractivity contribution in [2.75, 3.05) is 0 Å². The molecule has 0 atom stereocenters. The van der Waals surface area contributed by atoms with E-state index in [1.54, 1.807) is 0 Å². The summed E-state index contributed by atoms with van der Waals surface area (Å²) in [5.74, 6) is 0.432. The van der Waals surface area contributed by atoms with Crippen molar-refractivity contribution in [3.8, 4) is 0 Å². The summed E-state index contributed by atoms with van der Waals surface area (Å²) >= 11 is 0. The zero-order valence-electron chi connectivity index (χ0n) is 10.8. The molecule has 1 aliphatic heterocycles. The molecule has 1 rings (SSSR count). The second-order valence-corrected chi connectivity index (χ2v) is 6.09. The second kappa shape index (κ2) is 4.30. The van der Waals surface area contributed by atoms with Gasteiger partial charge >= 0.3 is 0 Å². The number of hydrogen-bond acceptors (Lipinski definition) is 3. The average Bonchev–Trinajstić information content (AvgIpc) is 2.13. The first kappa shape index (κ1) is 13.4. The molecule has 1 fully saturated rings. The van der Waals surface area contributed by atoms with Gasteiger partial charge in [-0.15, -0.1) is 0 Å². The fourth-order valence-electron chi connectivity index (χ4n) is 2.99. The zero-order valence-corrected chi connectivity index (χ0v) is 10.8. The third-order valence-corrected chi connectivity index (χ3v) is 3.44. The van der Waals surface area contributed by atoms with Crippen LogP contribution in [-0.4, -0.2) is 27.1 Å². The van der Waals surface area contributed by atoms with Gasteiger partial charge in [0.1, 0.15) is 0 Å². The number of nitrogens with zero attached hydrogens (tertiary/aromatic N) is 1. The smallest absolute Gasteiger partial charge is 0.155 e. The fraction of sp³-hybridized carbons (Fsp3) is 0.769. The lowest BCUT2D eigenvalue weighted by atomic mass is 9.73. The molecule has 0 aliphatic carbocycles. The standard InChI is InChI=1S/C13H23NO2/c1-6-11(15)7-10-8-12(2,3)14(16)13(4,5)9-10/h6,10,16H,1,7-9H2,2-5H3. The van der Waals surface area contributed by atoms with Gasteiger partial charge in [-0.25, -0.2) is 0 Å². The normalized spacial score (nSPS) is 25.3. The first-order chi connectivity index (χ1) is 7.19. The van der Waals surface area contributed by atoms with Crippen LogP contribution in [-0.2, 0) is 4.79 Å². The van der Waals surface area contributed by atoms with Crippen molar-refractivity contribution in [2.45, 2.75) is 58.0 Å². The number of hydroxylamine groups is 2. The maximum Gasteiger partial charge on any atom is 0.155 e.